The summed E-state index contributed by atoms with van der Waals surface area (Å²) in [7, 11) is 0. The summed E-state index contributed by atoms with van der Waals surface area (Å²) < 4.78 is 0. The van der Waals surface area contributed by atoms with Gasteiger partial charge in [0.25, 0.3) is 0 Å². The summed E-state index contributed by atoms with van der Waals surface area (Å²) in [5.74, 6) is 1.57. The first-order chi connectivity index (χ1) is 9.26. The second-order valence-electron chi connectivity index (χ2n) is 4.92. The molecule has 0 aromatic carbocycles. The van der Waals surface area contributed by atoms with Crippen LogP contribution >= 0.6 is 11.3 Å². The molecule has 0 amide bonds. The maximum absolute atomic E-state index is 10.7. The Kier molecular flexibility index (Phi) is 3.29. The number of hydrogen-bond donors (Lipinski definition) is 1. The van der Waals surface area contributed by atoms with Crippen LogP contribution < -0.4 is 5.32 Å². The molecule has 98 valence electrons. The van der Waals surface area contributed by atoms with Crippen molar-refractivity contribution in [3.05, 3.63) is 28.7 Å². The van der Waals surface area contributed by atoms with E-state index in [0.717, 1.165) is 29.3 Å². The smallest absolute Gasteiger partial charge is 0.160 e. The van der Waals surface area contributed by atoms with Gasteiger partial charge in [0.05, 0.1) is 23.0 Å². The molecule has 1 aliphatic carbocycles. The number of carbonyl (C=O) groups is 1. The Balaban J connectivity index is 1.80. The van der Waals surface area contributed by atoms with E-state index in [1.54, 1.807) is 12.4 Å². The lowest BCUT2D eigenvalue weighted by Crippen LogP contribution is -2.18. The first-order valence-corrected chi connectivity index (χ1v) is 7.27. The average molecular weight is 273 g/mol. The van der Waals surface area contributed by atoms with Crippen molar-refractivity contribution < 1.29 is 4.79 Å². The van der Waals surface area contributed by atoms with Crippen molar-refractivity contribution in [2.45, 2.75) is 25.8 Å². The quantitative estimate of drug-likeness (QED) is 0.850. The van der Waals surface area contributed by atoms with Crippen LogP contribution in [0.5, 0.6) is 0 Å². The summed E-state index contributed by atoms with van der Waals surface area (Å²) in [6, 6.07) is 2.29. The first kappa shape index (κ1) is 12.3. The summed E-state index contributed by atoms with van der Waals surface area (Å²) in [6.45, 7) is 2.18. The summed E-state index contributed by atoms with van der Waals surface area (Å²) in [5.41, 5.74) is 1.75. The Morgan fingerprint density at radius 3 is 3.00 bits per heavy atom. The maximum Gasteiger partial charge on any atom is 0.160 e. The zero-order valence-corrected chi connectivity index (χ0v) is 11.5. The molecule has 2 aromatic rings. The van der Waals surface area contributed by atoms with Gasteiger partial charge in [0.2, 0.25) is 0 Å². The van der Waals surface area contributed by atoms with Gasteiger partial charge in [0.15, 0.2) is 6.29 Å². The van der Waals surface area contributed by atoms with Crippen molar-refractivity contribution in [2.24, 2.45) is 5.92 Å². The van der Waals surface area contributed by atoms with Crippen LogP contribution in [0, 0.1) is 5.92 Å². The number of aromatic nitrogens is 2. The lowest BCUT2D eigenvalue weighted by molar-refractivity contribution is 0.112. The molecule has 3 rings (SSSR count). The Labute approximate surface area is 115 Å². The predicted octanol–water partition coefficient (Wildman–Crippen LogP) is 3.23. The third-order valence-corrected chi connectivity index (χ3v) is 4.23. The second-order valence-corrected chi connectivity index (χ2v) is 5.86. The SMILES string of the molecule is CC(Nc1cncc(-c2csc(C=O)c2)n1)C1CC1. The molecule has 0 spiro atoms. The van der Waals surface area contributed by atoms with Crippen LogP contribution in [0.25, 0.3) is 11.3 Å². The van der Waals surface area contributed by atoms with Gasteiger partial charge in [-0.1, -0.05) is 0 Å². The molecule has 1 unspecified atom stereocenters. The summed E-state index contributed by atoms with van der Waals surface area (Å²) in [6.07, 6.45) is 6.93. The van der Waals surface area contributed by atoms with Gasteiger partial charge >= 0.3 is 0 Å². The lowest BCUT2D eigenvalue weighted by Gasteiger charge is -2.13. The molecule has 2 aromatic heterocycles. The van der Waals surface area contributed by atoms with Gasteiger partial charge in [-0.15, -0.1) is 11.3 Å². The van der Waals surface area contributed by atoms with Gasteiger partial charge in [-0.3, -0.25) is 9.78 Å². The van der Waals surface area contributed by atoms with Crippen molar-refractivity contribution in [1.29, 1.82) is 0 Å². The Morgan fingerprint density at radius 2 is 2.32 bits per heavy atom. The Morgan fingerprint density at radius 1 is 1.47 bits per heavy atom. The summed E-state index contributed by atoms with van der Waals surface area (Å²) >= 11 is 1.42. The largest absolute Gasteiger partial charge is 0.366 e. The van der Waals surface area contributed by atoms with Gasteiger partial charge in [-0.2, -0.15) is 0 Å². The number of carbonyl (C=O) groups excluding carboxylic acids is 1. The highest BCUT2D eigenvalue weighted by Crippen LogP contribution is 2.33. The molecule has 0 saturated heterocycles. The van der Waals surface area contributed by atoms with Gasteiger partial charge in [-0.25, -0.2) is 4.98 Å². The van der Waals surface area contributed by atoms with Crippen LogP contribution in [0.3, 0.4) is 0 Å². The highest BCUT2D eigenvalue weighted by molar-refractivity contribution is 7.12. The van der Waals surface area contributed by atoms with E-state index in [9.17, 15) is 4.79 Å². The molecule has 1 aliphatic rings. The van der Waals surface area contributed by atoms with Gasteiger partial charge in [0.1, 0.15) is 5.82 Å². The molecule has 0 aliphatic heterocycles. The fourth-order valence-electron chi connectivity index (χ4n) is 2.07. The Hall–Kier alpha value is -1.75. The van der Waals surface area contributed by atoms with E-state index in [0.29, 0.717) is 10.9 Å². The molecule has 5 heteroatoms. The van der Waals surface area contributed by atoms with E-state index >= 15 is 0 Å². The first-order valence-electron chi connectivity index (χ1n) is 6.39. The number of aldehydes is 1. The predicted molar refractivity (Wildman–Crippen MR) is 76.5 cm³/mol. The van der Waals surface area contributed by atoms with Gasteiger partial charge in [0, 0.05) is 17.0 Å². The van der Waals surface area contributed by atoms with Crippen molar-refractivity contribution in [3.8, 4) is 11.3 Å². The van der Waals surface area contributed by atoms with Crippen molar-refractivity contribution in [3.63, 3.8) is 0 Å². The Bertz CT molecular complexity index is 592. The van der Waals surface area contributed by atoms with Crippen molar-refractivity contribution >= 4 is 23.4 Å². The molecule has 1 atom stereocenters. The maximum atomic E-state index is 10.7. The van der Waals surface area contributed by atoms with Crippen LogP contribution in [0.2, 0.25) is 0 Å². The third-order valence-electron chi connectivity index (χ3n) is 3.37. The van der Waals surface area contributed by atoms with E-state index in [4.69, 9.17) is 0 Å². The number of nitrogens with one attached hydrogen (secondary N) is 1. The van der Waals surface area contributed by atoms with Crippen LogP contribution in [-0.4, -0.2) is 22.3 Å². The minimum absolute atomic E-state index is 0.442. The topological polar surface area (TPSA) is 54.9 Å². The lowest BCUT2D eigenvalue weighted by atomic mass is 10.2. The number of anilines is 1. The molecule has 4 nitrogen and oxygen atoms in total. The summed E-state index contributed by atoms with van der Waals surface area (Å²) in [4.78, 5) is 20.2. The number of rotatable bonds is 5. The van der Waals surface area contributed by atoms with Crippen LogP contribution in [0.15, 0.2) is 23.8 Å². The molecule has 0 bridgehead atoms. The zero-order chi connectivity index (χ0) is 13.2. The molecular formula is C14H15N3OS. The molecule has 2 heterocycles. The van der Waals surface area contributed by atoms with E-state index in [2.05, 4.69) is 22.2 Å². The standard InChI is InChI=1S/C14H15N3OS/c1-9(10-2-3-10)16-14-6-15-5-13(17-14)11-4-12(7-18)19-8-11/h4-10H,2-3H2,1H3,(H,16,17). The third kappa shape index (κ3) is 2.81. The van der Waals surface area contributed by atoms with E-state index in [-0.39, 0.29) is 0 Å². The minimum atomic E-state index is 0.442. The normalized spacial score (nSPS) is 16.1. The van der Waals surface area contributed by atoms with Crippen LogP contribution in [-0.2, 0) is 0 Å². The minimum Gasteiger partial charge on any atom is -0.366 e. The van der Waals surface area contributed by atoms with Crippen molar-refractivity contribution in [2.75, 3.05) is 5.32 Å². The molecular weight excluding hydrogens is 258 g/mol. The van der Waals surface area contributed by atoms with Crippen molar-refractivity contribution in [1.82, 2.24) is 9.97 Å². The summed E-state index contributed by atoms with van der Waals surface area (Å²) in [5, 5.41) is 5.33. The van der Waals surface area contributed by atoms with E-state index in [1.165, 1.54) is 24.2 Å². The van der Waals surface area contributed by atoms with E-state index < -0.39 is 0 Å². The monoisotopic (exact) mass is 273 g/mol. The second kappa shape index (κ2) is 5.09. The molecule has 1 fully saturated rings. The van der Waals surface area contributed by atoms with Crippen LogP contribution in [0.1, 0.15) is 29.4 Å². The fraction of sp³-hybridized carbons (Fsp3) is 0.357. The average Bonchev–Trinajstić information content (AvgIpc) is 3.17. The number of thiophene rings is 1. The van der Waals surface area contributed by atoms with E-state index in [1.807, 2.05) is 11.4 Å². The fourth-order valence-corrected chi connectivity index (χ4v) is 2.77. The van der Waals surface area contributed by atoms with Gasteiger partial charge in [-0.05, 0) is 31.7 Å². The number of nitrogens with zero attached hydrogens (tertiary/aromatic N) is 2. The molecule has 1 saturated carbocycles. The molecule has 1 N–H and O–H groups in total. The molecule has 0 radical (unpaired) electrons. The van der Waals surface area contributed by atoms with Crippen LogP contribution in [0.4, 0.5) is 5.82 Å². The number of hydrogen-bond acceptors (Lipinski definition) is 5. The highest BCUT2D eigenvalue weighted by Gasteiger charge is 2.28. The zero-order valence-electron chi connectivity index (χ0n) is 10.7. The molecule has 19 heavy (non-hydrogen) atoms. The van der Waals surface area contributed by atoms with Gasteiger partial charge < -0.3 is 5.32 Å². The highest BCUT2D eigenvalue weighted by atomic mass is 32.1.